The number of amides is 1. The van der Waals surface area contributed by atoms with Crippen molar-refractivity contribution in [1.82, 2.24) is 9.80 Å². The number of halogens is 1. The molecular formula is C17H26ClN3O. The van der Waals surface area contributed by atoms with Crippen LogP contribution < -0.4 is 5.73 Å². The maximum atomic E-state index is 12.3. The molecular weight excluding hydrogens is 298 g/mol. The Morgan fingerprint density at radius 2 is 1.95 bits per heavy atom. The molecule has 1 heterocycles. The first-order valence-electron chi connectivity index (χ1n) is 7.90. The predicted molar refractivity (Wildman–Crippen MR) is 91.2 cm³/mol. The number of rotatable bonds is 5. The largest absolute Gasteiger partial charge is 0.344 e. The van der Waals surface area contributed by atoms with Crippen LogP contribution in [0.4, 0.5) is 0 Å². The number of carbonyl (C=O) groups excluding carboxylic acids is 1. The van der Waals surface area contributed by atoms with E-state index >= 15 is 0 Å². The molecule has 2 N–H and O–H groups in total. The number of likely N-dealkylation sites (N-methyl/N-ethyl adjacent to an activating group) is 1. The lowest BCUT2D eigenvalue weighted by Crippen LogP contribution is -2.39. The summed E-state index contributed by atoms with van der Waals surface area (Å²) in [5.41, 5.74) is 7.56. The Hall–Kier alpha value is -1.10. The summed E-state index contributed by atoms with van der Waals surface area (Å²) in [6.07, 6.45) is 2.56. The normalized spacial score (nSPS) is 24.8. The molecule has 1 aliphatic heterocycles. The van der Waals surface area contributed by atoms with Crippen molar-refractivity contribution >= 4 is 18.3 Å². The molecule has 2 atom stereocenters. The zero-order valence-electron chi connectivity index (χ0n) is 13.1. The molecule has 4 nitrogen and oxygen atoms in total. The van der Waals surface area contributed by atoms with Crippen LogP contribution in [-0.4, -0.2) is 55.0 Å². The van der Waals surface area contributed by atoms with Crippen molar-refractivity contribution in [2.75, 3.05) is 33.2 Å². The average Bonchev–Trinajstić information content (AvgIpc) is 3.22. The minimum absolute atomic E-state index is 0. The molecule has 1 aliphatic carbocycles. The Morgan fingerprint density at radius 3 is 2.59 bits per heavy atom. The molecule has 3 rings (SSSR count). The Labute approximate surface area is 139 Å². The molecule has 0 spiro atoms. The Morgan fingerprint density at radius 1 is 1.27 bits per heavy atom. The average molecular weight is 324 g/mol. The Bertz CT molecular complexity index is 492. The molecule has 2 aliphatic rings. The fraction of sp³-hybridized carbons (Fsp3) is 0.588. The van der Waals surface area contributed by atoms with Crippen LogP contribution in [0.5, 0.6) is 0 Å². The van der Waals surface area contributed by atoms with Gasteiger partial charge in [-0.1, -0.05) is 30.3 Å². The van der Waals surface area contributed by atoms with Gasteiger partial charge in [-0.25, -0.2) is 0 Å². The Balaban J connectivity index is 0.00000176. The van der Waals surface area contributed by atoms with Gasteiger partial charge in [0.05, 0.1) is 6.54 Å². The smallest absolute Gasteiger partial charge is 0.236 e. The predicted octanol–water partition coefficient (Wildman–Crippen LogP) is 1.70. The van der Waals surface area contributed by atoms with Crippen LogP contribution in [0.2, 0.25) is 0 Å². The molecule has 0 aromatic heterocycles. The number of nitrogens with zero attached hydrogens (tertiary/aromatic N) is 2. The summed E-state index contributed by atoms with van der Waals surface area (Å²) < 4.78 is 0. The van der Waals surface area contributed by atoms with Crippen LogP contribution >= 0.6 is 12.4 Å². The molecule has 1 aromatic carbocycles. The molecule has 0 unspecified atom stereocenters. The molecule has 1 amide bonds. The minimum Gasteiger partial charge on any atom is -0.344 e. The zero-order chi connectivity index (χ0) is 14.8. The van der Waals surface area contributed by atoms with Gasteiger partial charge in [-0.2, -0.15) is 0 Å². The second kappa shape index (κ2) is 7.44. The van der Waals surface area contributed by atoms with E-state index in [1.54, 1.807) is 0 Å². The molecule has 122 valence electrons. The van der Waals surface area contributed by atoms with E-state index in [1.165, 1.54) is 18.4 Å². The third kappa shape index (κ3) is 4.22. The topological polar surface area (TPSA) is 49.6 Å². The molecule has 2 fully saturated rings. The highest BCUT2D eigenvalue weighted by Crippen LogP contribution is 2.29. The lowest BCUT2D eigenvalue weighted by Gasteiger charge is -2.21. The summed E-state index contributed by atoms with van der Waals surface area (Å²) in [4.78, 5) is 16.3. The monoisotopic (exact) mass is 323 g/mol. The van der Waals surface area contributed by atoms with Gasteiger partial charge in [0.1, 0.15) is 0 Å². The summed E-state index contributed by atoms with van der Waals surface area (Å²) in [6, 6.07) is 10.5. The van der Waals surface area contributed by atoms with E-state index in [4.69, 9.17) is 5.73 Å². The first-order valence-corrected chi connectivity index (χ1v) is 7.90. The molecule has 22 heavy (non-hydrogen) atoms. The van der Waals surface area contributed by atoms with Crippen LogP contribution in [0.1, 0.15) is 24.3 Å². The highest BCUT2D eigenvalue weighted by molar-refractivity contribution is 5.85. The van der Waals surface area contributed by atoms with Crippen molar-refractivity contribution in [3.8, 4) is 0 Å². The molecule has 1 saturated heterocycles. The van der Waals surface area contributed by atoms with Crippen molar-refractivity contribution in [1.29, 1.82) is 0 Å². The van der Waals surface area contributed by atoms with E-state index < -0.39 is 0 Å². The van der Waals surface area contributed by atoms with Gasteiger partial charge in [0.2, 0.25) is 5.91 Å². The molecule has 0 bridgehead atoms. The van der Waals surface area contributed by atoms with Crippen molar-refractivity contribution < 1.29 is 4.79 Å². The van der Waals surface area contributed by atoms with Gasteiger partial charge < -0.3 is 10.6 Å². The quantitative estimate of drug-likeness (QED) is 0.897. The Kier molecular flexibility index (Phi) is 5.84. The van der Waals surface area contributed by atoms with E-state index in [9.17, 15) is 4.79 Å². The summed E-state index contributed by atoms with van der Waals surface area (Å²) in [7, 11) is 1.92. The zero-order valence-corrected chi connectivity index (χ0v) is 14.0. The second-order valence-corrected chi connectivity index (χ2v) is 6.59. The number of benzene rings is 1. The number of hydrogen-bond donors (Lipinski definition) is 1. The number of hydrogen-bond acceptors (Lipinski definition) is 3. The first-order chi connectivity index (χ1) is 10.1. The van der Waals surface area contributed by atoms with Crippen LogP contribution in [0.15, 0.2) is 30.3 Å². The first kappa shape index (κ1) is 17.3. The third-order valence-corrected chi connectivity index (χ3v) is 4.68. The van der Waals surface area contributed by atoms with Gasteiger partial charge in [-0.05, 0) is 24.3 Å². The summed E-state index contributed by atoms with van der Waals surface area (Å²) >= 11 is 0. The minimum atomic E-state index is 0. The van der Waals surface area contributed by atoms with Crippen LogP contribution in [0.3, 0.4) is 0 Å². The fourth-order valence-electron chi connectivity index (χ4n) is 3.20. The third-order valence-electron chi connectivity index (χ3n) is 4.68. The number of likely N-dealkylation sites (tertiary alicyclic amines) is 1. The van der Waals surface area contributed by atoms with Gasteiger partial charge in [0, 0.05) is 38.6 Å². The maximum Gasteiger partial charge on any atom is 0.236 e. The van der Waals surface area contributed by atoms with E-state index in [0.29, 0.717) is 12.5 Å². The van der Waals surface area contributed by atoms with Crippen molar-refractivity contribution in [2.24, 2.45) is 11.7 Å². The standard InChI is InChI=1S/C17H25N3O.ClH/c1-19(9-13-7-8-13)17(21)12-20-10-15(16(18)11-20)14-5-3-2-4-6-14;/h2-6,13,15-16H,7-12,18H2,1H3;1H/t15-,16+;/m0./s1. The number of carbonyl (C=O) groups is 1. The van der Waals surface area contributed by atoms with Gasteiger partial charge >= 0.3 is 0 Å². The molecule has 0 radical (unpaired) electrons. The van der Waals surface area contributed by atoms with E-state index in [-0.39, 0.29) is 24.4 Å². The fourth-order valence-corrected chi connectivity index (χ4v) is 3.20. The SMILES string of the molecule is CN(CC1CC1)C(=O)CN1C[C@@H](N)[C@H](c2ccccc2)C1.Cl. The van der Waals surface area contributed by atoms with Gasteiger partial charge in [-0.3, -0.25) is 9.69 Å². The number of nitrogens with two attached hydrogens (primary N) is 1. The summed E-state index contributed by atoms with van der Waals surface area (Å²) in [5.74, 6) is 1.31. The molecule has 1 aromatic rings. The lowest BCUT2D eigenvalue weighted by atomic mass is 9.95. The lowest BCUT2D eigenvalue weighted by molar-refractivity contribution is -0.131. The maximum absolute atomic E-state index is 12.3. The van der Waals surface area contributed by atoms with Crippen LogP contribution in [0.25, 0.3) is 0 Å². The van der Waals surface area contributed by atoms with E-state index in [0.717, 1.165) is 25.6 Å². The van der Waals surface area contributed by atoms with Crippen LogP contribution in [0, 0.1) is 5.92 Å². The highest BCUT2D eigenvalue weighted by atomic mass is 35.5. The van der Waals surface area contributed by atoms with Crippen molar-refractivity contribution in [2.45, 2.75) is 24.8 Å². The second-order valence-electron chi connectivity index (χ2n) is 6.59. The van der Waals surface area contributed by atoms with Crippen molar-refractivity contribution in [3.63, 3.8) is 0 Å². The molecule has 5 heteroatoms. The summed E-state index contributed by atoms with van der Waals surface area (Å²) in [6.45, 7) is 3.11. The van der Waals surface area contributed by atoms with E-state index in [1.807, 2.05) is 18.0 Å². The van der Waals surface area contributed by atoms with Gasteiger partial charge in [0.15, 0.2) is 0 Å². The van der Waals surface area contributed by atoms with E-state index in [2.05, 4.69) is 29.2 Å². The molecule has 1 saturated carbocycles. The van der Waals surface area contributed by atoms with Crippen molar-refractivity contribution in [3.05, 3.63) is 35.9 Å². The highest BCUT2D eigenvalue weighted by Gasteiger charge is 2.33. The van der Waals surface area contributed by atoms with Gasteiger partial charge in [0.25, 0.3) is 0 Å². The van der Waals surface area contributed by atoms with Crippen LogP contribution in [-0.2, 0) is 4.79 Å². The van der Waals surface area contributed by atoms with Gasteiger partial charge in [-0.15, -0.1) is 12.4 Å². The summed E-state index contributed by atoms with van der Waals surface area (Å²) in [5, 5.41) is 0.